The van der Waals surface area contributed by atoms with Gasteiger partial charge in [0, 0.05) is 11.8 Å². The van der Waals surface area contributed by atoms with E-state index in [1.54, 1.807) is 17.0 Å². The Morgan fingerprint density at radius 3 is 2.55 bits per heavy atom. The predicted octanol–water partition coefficient (Wildman–Crippen LogP) is 4.77. The molecule has 190 valence electrons. The van der Waals surface area contributed by atoms with Crippen molar-refractivity contribution in [3.8, 4) is 0 Å². The van der Waals surface area contributed by atoms with E-state index >= 15 is 0 Å². The maximum Gasteiger partial charge on any atom is 0.338 e. The summed E-state index contributed by atoms with van der Waals surface area (Å²) < 4.78 is 5.99. The monoisotopic (exact) mass is 529 g/mol. The van der Waals surface area contributed by atoms with Gasteiger partial charge in [0.1, 0.15) is 22.3 Å². The molecule has 11 nitrogen and oxygen atoms in total. The Balaban J connectivity index is 1.21. The minimum atomic E-state index is -0.762. The summed E-state index contributed by atoms with van der Waals surface area (Å²) in [5, 5.41) is 33.2. The highest BCUT2D eigenvalue weighted by atomic mass is 32.1. The van der Waals surface area contributed by atoms with E-state index in [1.807, 2.05) is 24.3 Å². The molecule has 0 atom stereocenters. The molecular weight excluding hydrogens is 510 g/mol. The quantitative estimate of drug-likeness (QED) is 0.175. The third-order valence-corrected chi connectivity index (χ3v) is 6.79. The van der Waals surface area contributed by atoms with Crippen LogP contribution in [0.4, 0.5) is 17.1 Å². The van der Waals surface area contributed by atoms with Crippen LogP contribution in [0.15, 0.2) is 78.6 Å². The average Bonchev–Trinajstić information content (AvgIpc) is 3.47. The second-order valence-corrected chi connectivity index (χ2v) is 9.22. The molecule has 38 heavy (non-hydrogen) atoms. The minimum Gasteiger partial charge on any atom is -0.510 e. The molecule has 0 aliphatic carbocycles. The van der Waals surface area contributed by atoms with Gasteiger partial charge in [-0.05, 0) is 42.5 Å². The van der Waals surface area contributed by atoms with E-state index in [0.717, 1.165) is 10.2 Å². The zero-order valence-electron chi connectivity index (χ0n) is 19.6. The van der Waals surface area contributed by atoms with Crippen molar-refractivity contribution in [3.05, 3.63) is 99.2 Å². The highest BCUT2D eigenvalue weighted by Crippen LogP contribution is 2.35. The van der Waals surface area contributed by atoms with Gasteiger partial charge in [0.2, 0.25) is 0 Å². The molecule has 1 aromatic heterocycles. The van der Waals surface area contributed by atoms with Crippen LogP contribution in [-0.2, 0) is 9.53 Å². The van der Waals surface area contributed by atoms with Gasteiger partial charge < -0.3 is 20.1 Å². The third-order valence-electron chi connectivity index (χ3n) is 5.73. The molecule has 0 bridgehead atoms. The Hall–Kier alpha value is -5.10. The number of benzene rings is 3. The number of aliphatic hydroxyl groups is 1. The number of rotatable bonds is 7. The van der Waals surface area contributed by atoms with Gasteiger partial charge in [-0.3, -0.25) is 20.3 Å². The average molecular weight is 530 g/mol. The molecule has 0 spiro atoms. The van der Waals surface area contributed by atoms with Crippen LogP contribution in [0, 0.1) is 15.5 Å². The molecule has 2 heterocycles. The molecule has 3 N–H and O–H groups in total. The van der Waals surface area contributed by atoms with Crippen LogP contribution in [0.3, 0.4) is 0 Å². The Bertz CT molecular complexity index is 1600. The lowest BCUT2D eigenvalue weighted by Crippen LogP contribution is -2.26. The first-order chi connectivity index (χ1) is 18.3. The van der Waals surface area contributed by atoms with Gasteiger partial charge in [-0.2, -0.15) is 0 Å². The van der Waals surface area contributed by atoms with Gasteiger partial charge in [-0.15, -0.1) is 11.3 Å². The van der Waals surface area contributed by atoms with E-state index < -0.39 is 23.4 Å². The summed E-state index contributed by atoms with van der Waals surface area (Å²) in [6, 6.07) is 19.4. The van der Waals surface area contributed by atoms with Gasteiger partial charge in [0.25, 0.3) is 11.6 Å². The van der Waals surface area contributed by atoms with Crippen molar-refractivity contribution in [3.63, 3.8) is 0 Å². The van der Waals surface area contributed by atoms with Crippen LogP contribution in [0.25, 0.3) is 15.8 Å². The number of ether oxygens (including phenoxy) is 1. The molecule has 0 saturated carbocycles. The number of thiazole rings is 1. The fourth-order valence-electron chi connectivity index (χ4n) is 3.92. The number of carbonyl (C=O) groups is 2. The second kappa shape index (κ2) is 10.1. The van der Waals surface area contributed by atoms with Gasteiger partial charge in [-0.1, -0.05) is 24.3 Å². The molecule has 1 aliphatic heterocycles. The van der Waals surface area contributed by atoms with Gasteiger partial charge >= 0.3 is 5.97 Å². The van der Waals surface area contributed by atoms with Crippen molar-refractivity contribution in [2.45, 2.75) is 0 Å². The molecule has 1 aliphatic rings. The van der Waals surface area contributed by atoms with Crippen molar-refractivity contribution in [2.75, 3.05) is 23.4 Å². The third kappa shape index (κ3) is 4.80. The lowest BCUT2D eigenvalue weighted by molar-refractivity contribution is -0.383. The molecule has 0 saturated heterocycles. The number of amides is 1. The van der Waals surface area contributed by atoms with E-state index in [2.05, 4.69) is 10.3 Å². The number of esters is 1. The normalized spacial score (nSPS) is 13.2. The molecule has 0 unspecified atom stereocenters. The number of hydrogen-bond donors (Lipinski definition) is 3. The molecule has 1 amide bonds. The van der Waals surface area contributed by atoms with Crippen LogP contribution in [0.1, 0.15) is 15.4 Å². The summed E-state index contributed by atoms with van der Waals surface area (Å²) in [7, 11) is 0. The van der Waals surface area contributed by atoms with E-state index in [4.69, 9.17) is 10.1 Å². The van der Waals surface area contributed by atoms with Crippen molar-refractivity contribution >= 4 is 61.9 Å². The summed E-state index contributed by atoms with van der Waals surface area (Å²) in [6.07, 6.45) is 0. The highest BCUT2D eigenvalue weighted by molar-refractivity contribution is 7.19. The molecule has 0 fully saturated rings. The number of nitrogens with zero attached hydrogens (tertiary/aromatic N) is 3. The Morgan fingerprint density at radius 2 is 1.82 bits per heavy atom. The van der Waals surface area contributed by atoms with Crippen molar-refractivity contribution < 1.29 is 24.4 Å². The molecule has 0 radical (unpaired) electrons. The SMILES string of the molecule is N=C1C(c2nc3ccccc3s2)=C(O)CN1c1ccc(C(=O)OCC(=O)Nc2ccccc2[N+](=O)[O-])cc1. The Morgan fingerprint density at radius 1 is 1.11 bits per heavy atom. The first-order valence-electron chi connectivity index (χ1n) is 11.3. The molecule has 12 heteroatoms. The number of amidine groups is 1. The molecule has 4 aromatic rings. The first kappa shape index (κ1) is 24.6. The molecule has 3 aromatic carbocycles. The number of nitro benzene ring substituents is 1. The Labute approximate surface area is 219 Å². The standard InChI is InChI=1S/C26H19N5O6S/c27-24-23(25-29-18-6-2-4-8-21(18)38-25)20(32)13-30(24)16-11-9-15(10-12-16)26(34)37-14-22(33)28-17-5-1-3-7-19(17)31(35)36/h1-12,27,32H,13-14H2,(H,28,33). The van der Waals surface area contributed by atoms with Gasteiger partial charge in [0.15, 0.2) is 6.61 Å². The van der Waals surface area contributed by atoms with E-state index in [9.17, 15) is 24.8 Å². The summed E-state index contributed by atoms with van der Waals surface area (Å²) in [5.74, 6) is -1.37. The van der Waals surface area contributed by atoms with Crippen LogP contribution in [-0.4, -0.2) is 45.9 Å². The van der Waals surface area contributed by atoms with Gasteiger partial charge in [-0.25, -0.2) is 9.78 Å². The zero-order valence-corrected chi connectivity index (χ0v) is 20.4. The van der Waals surface area contributed by atoms with E-state index in [0.29, 0.717) is 16.3 Å². The van der Waals surface area contributed by atoms with Crippen molar-refractivity contribution in [1.29, 1.82) is 5.41 Å². The number of aromatic nitrogens is 1. The number of anilines is 2. The number of nitro groups is 1. The maximum absolute atomic E-state index is 12.4. The predicted molar refractivity (Wildman–Crippen MR) is 143 cm³/mol. The highest BCUT2D eigenvalue weighted by Gasteiger charge is 2.31. The largest absolute Gasteiger partial charge is 0.510 e. The fraction of sp³-hybridized carbons (Fsp3) is 0.0769. The first-order valence-corrected chi connectivity index (χ1v) is 12.1. The number of aliphatic hydroxyl groups excluding tert-OH is 1. The maximum atomic E-state index is 12.4. The van der Waals surface area contributed by atoms with Crippen LogP contribution >= 0.6 is 11.3 Å². The van der Waals surface area contributed by atoms with Crippen molar-refractivity contribution in [1.82, 2.24) is 4.98 Å². The summed E-state index contributed by atoms with van der Waals surface area (Å²) in [4.78, 5) is 41.2. The smallest absolute Gasteiger partial charge is 0.338 e. The van der Waals surface area contributed by atoms with Crippen molar-refractivity contribution in [2.24, 2.45) is 0 Å². The van der Waals surface area contributed by atoms with Gasteiger partial charge in [0.05, 0.1) is 32.8 Å². The van der Waals surface area contributed by atoms with Crippen LogP contribution in [0.5, 0.6) is 0 Å². The fourth-order valence-corrected chi connectivity index (χ4v) is 4.95. The van der Waals surface area contributed by atoms with Crippen LogP contribution < -0.4 is 10.2 Å². The van der Waals surface area contributed by atoms with E-state index in [-0.39, 0.29) is 35.1 Å². The minimum absolute atomic E-state index is 0.00181. The number of hydrogen-bond acceptors (Lipinski definition) is 9. The zero-order chi connectivity index (χ0) is 26.8. The topological polar surface area (TPSA) is 159 Å². The second-order valence-electron chi connectivity index (χ2n) is 8.19. The summed E-state index contributed by atoms with van der Waals surface area (Å²) >= 11 is 1.39. The number of para-hydroxylation sites is 3. The molecular formula is C26H19N5O6S. The Kier molecular flexibility index (Phi) is 6.54. The lowest BCUT2D eigenvalue weighted by Gasteiger charge is -2.18. The molecule has 5 rings (SSSR count). The lowest BCUT2D eigenvalue weighted by atomic mass is 10.2. The number of fused-ring (bicyclic) bond motifs is 1. The summed E-state index contributed by atoms with van der Waals surface area (Å²) in [6.45, 7) is -0.549. The van der Waals surface area contributed by atoms with Crippen LogP contribution in [0.2, 0.25) is 0 Å². The number of carbonyl (C=O) groups excluding carboxylic acids is 2. The van der Waals surface area contributed by atoms with E-state index in [1.165, 1.54) is 47.7 Å². The number of nitrogens with one attached hydrogen (secondary N) is 2. The summed E-state index contributed by atoms with van der Waals surface area (Å²) in [5.41, 5.74) is 1.61.